The smallest absolute Gasteiger partial charge is 0.0363 e. The Morgan fingerprint density at radius 2 is 1.85 bits per heavy atom. The lowest BCUT2D eigenvalue weighted by molar-refractivity contribution is 0.0921. The van der Waals surface area contributed by atoms with Gasteiger partial charge in [-0.15, -0.1) is 0 Å². The Balaban J connectivity index is 1.77. The van der Waals surface area contributed by atoms with Crippen molar-refractivity contribution in [2.75, 3.05) is 13.1 Å². The summed E-state index contributed by atoms with van der Waals surface area (Å²) in [6.45, 7) is 2.51. The molecule has 0 spiro atoms. The zero-order chi connectivity index (χ0) is 14.0. The Bertz CT molecular complexity index is 448. The molecule has 20 heavy (non-hydrogen) atoms. The molecule has 3 heteroatoms. The Kier molecular flexibility index (Phi) is 4.49. The monoisotopic (exact) mass is 336 g/mol. The third-order valence-corrected chi connectivity index (χ3v) is 5.73. The molecule has 1 atom stereocenters. The molecule has 2 aliphatic rings. The molecule has 1 aliphatic carbocycles. The first-order chi connectivity index (χ1) is 9.71. The van der Waals surface area contributed by atoms with Gasteiger partial charge in [0.25, 0.3) is 0 Å². The molecule has 2 N–H and O–H groups in total. The van der Waals surface area contributed by atoms with Crippen molar-refractivity contribution in [3.05, 3.63) is 34.3 Å². The van der Waals surface area contributed by atoms with Crippen LogP contribution in [0.15, 0.2) is 28.7 Å². The summed E-state index contributed by atoms with van der Waals surface area (Å²) in [4.78, 5) is 2.71. The third kappa shape index (κ3) is 2.81. The van der Waals surface area contributed by atoms with Crippen molar-refractivity contribution in [1.29, 1.82) is 0 Å². The first-order valence-electron chi connectivity index (χ1n) is 7.96. The van der Waals surface area contributed by atoms with Gasteiger partial charge in [-0.2, -0.15) is 0 Å². The molecule has 1 aromatic rings. The average molecular weight is 337 g/mol. The van der Waals surface area contributed by atoms with E-state index in [1.807, 2.05) is 0 Å². The Morgan fingerprint density at radius 1 is 1.15 bits per heavy atom. The van der Waals surface area contributed by atoms with Gasteiger partial charge < -0.3 is 5.73 Å². The number of likely N-dealkylation sites (tertiary alicyclic amines) is 1. The second kappa shape index (κ2) is 6.17. The molecule has 1 unspecified atom stereocenters. The van der Waals surface area contributed by atoms with Crippen LogP contribution in [0.3, 0.4) is 0 Å². The number of halogens is 1. The van der Waals surface area contributed by atoms with Crippen molar-refractivity contribution in [3.8, 4) is 0 Å². The lowest BCUT2D eigenvalue weighted by atomic mass is 9.83. The van der Waals surface area contributed by atoms with E-state index in [1.165, 1.54) is 57.2 Å². The second-order valence-corrected chi connectivity index (χ2v) is 7.36. The van der Waals surface area contributed by atoms with Crippen LogP contribution >= 0.6 is 15.9 Å². The molecule has 2 nitrogen and oxygen atoms in total. The van der Waals surface area contributed by atoms with Crippen molar-refractivity contribution in [2.45, 2.75) is 56.5 Å². The van der Waals surface area contributed by atoms with Crippen LogP contribution in [0.5, 0.6) is 0 Å². The van der Waals surface area contributed by atoms with Gasteiger partial charge in [0.05, 0.1) is 0 Å². The maximum atomic E-state index is 6.72. The summed E-state index contributed by atoms with van der Waals surface area (Å²) < 4.78 is 1.16. The molecular weight excluding hydrogens is 312 g/mol. The number of rotatable bonds is 4. The zero-order valence-corrected chi connectivity index (χ0v) is 13.7. The van der Waals surface area contributed by atoms with Crippen molar-refractivity contribution in [3.63, 3.8) is 0 Å². The first kappa shape index (κ1) is 14.6. The fourth-order valence-electron chi connectivity index (χ4n) is 4.18. The molecular formula is C17H25BrN2. The molecule has 0 aromatic heterocycles. The van der Waals surface area contributed by atoms with Crippen LogP contribution in [-0.2, 0) is 6.42 Å². The van der Waals surface area contributed by atoms with Crippen LogP contribution in [0.2, 0.25) is 0 Å². The third-order valence-electron chi connectivity index (χ3n) is 5.24. The highest BCUT2D eigenvalue weighted by atomic mass is 79.9. The minimum Gasteiger partial charge on any atom is -0.326 e. The molecule has 1 saturated heterocycles. The van der Waals surface area contributed by atoms with Crippen molar-refractivity contribution >= 4 is 15.9 Å². The molecule has 1 heterocycles. The summed E-state index contributed by atoms with van der Waals surface area (Å²) in [7, 11) is 0. The predicted octanol–water partition coefficient (Wildman–Crippen LogP) is 3.73. The lowest BCUT2D eigenvalue weighted by Crippen LogP contribution is -2.58. The number of nitrogens with zero attached hydrogens (tertiary/aromatic N) is 1. The summed E-state index contributed by atoms with van der Waals surface area (Å²) in [5.41, 5.74) is 8.35. The minimum atomic E-state index is 0.261. The Hall–Kier alpha value is -0.380. The molecule has 0 radical (unpaired) electrons. The fraction of sp³-hybridized carbons (Fsp3) is 0.647. The quantitative estimate of drug-likeness (QED) is 0.907. The van der Waals surface area contributed by atoms with Gasteiger partial charge in [-0.25, -0.2) is 0 Å². The van der Waals surface area contributed by atoms with Crippen molar-refractivity contribution in [2.24, 2.45) is 5.73 Å². The van der Waals surface area contributed by atoms with Crippen LogP contribution in [0.25, 0.3) is 0 Å². The maximum Gasteiger partial charge on any atom is 0.0363 e. The maximum absolute atomic E-state index is 6.72. The van der Waals surface area contributed by atoms with Crippen LogP contribution in [0.4, 0.5) is 0 Å². The molecule has 110 valence electrons. The van der Waals surface area contributed by atoms with E-state index in [2.05, 4.69) is 45.1 Å². The summed E-state index contributed by atoms with van der Waals surface area (Å²) in [5.74, 6) is 0. The van der Waals surface area contributed by atoms with E-state index in [4.69, 9.17) is 5.73 Å². The van der Waals surface area contributed by atoms with E-state index >= 15 is 0 Å². The molecule has 1 aliphatic heterocycles. The van der Waals surface area contributed by atoms with Crippen molar-refractivity contribution < 1.29 is 0 Å². The Labute approximate surface area is 130 Å². The standard InChI is InChI=1S/C17H25BrN2/c18-15-7-5-6-14(12-15)13-16(19)17(8-1-2-9-17)20-10-3-4-11-20/h5-7,12,16H,1-4,8-11,13,19H2. The molecule has 3 rings (SSSR count). The Morgan fingerprint density at radius 3 is 2.50 bits per heavy atom. The fourth-order valence-corrected chi connectivity index (χ4v) is 4.63. The topological polar surface area (TPSA) is 29.3 Å². The molecule has 2 fully saturated rings. The van der Waals surface area contributed by atoms with E-state index in [-0.39, 0.29) is 11.6 Å². The number of hydrogen-bond donors (Lipinski definition) is 1. The van der Waals surface area contributed by atoms with Gasteiger partial charge >= 0.3 is 0 Å². The highest BCUT2D eigenvalue weighted by Crippen LogP contribution is 2.40. The lowest BCUT2D eigenvalue weighted by Gasteiger charge is -2.43. The SMILES string of the molecule is NC(Cc1cccc(Br)c1)C1(N2CCCC2)CCCC1. The van der Waals surface area contributed by atoms with E-state index in [9.17, 15) is 0 Å². The minimum absolute atomic E-state index is 0.261. The molecule has 0 amide bonds. The summed E-state index contributed by atoms with van der Waals surface area (Å²) in [5, 5.41) is 0. The normalized spacial score (nSPS) is 24.1. The molecule has 1 saturated carbocycles. The number of hydrogen-bond acceptors (Lipinski definition) is 2. The van der Waals surface area contributed by atoms with Gasteiger partial charge in [-0.1, -0.05) is 40.9 Å². The van der Waals surface area contributed by atoms with Gasteiger partial charge in [-0.3, -0.25) is 4.90 Å². The highest BCUT2D eigenvalue weighted by Gasteiger charge is 2.44. The zero-order valence-electron chi connectivity index (χ0n) is 12.2. The van der Waals surface area contributed by atoms with E-state index in [1.54, 1.807) is 0 Å². The second-order valence-electron chi connectivity index (χ2n) is 6.45. The van der Waals surface area contributed by atoms with Crippen LogP contribution in [-0.4, -0.2) is 29.6 Å². The van der Waals surface area contributed by atoms with E-state index in [0.29, 0.717) is 0 Å². The number of nitrogens with two attached hydrogens (primary N) is 1. The van der Waals surface area contributed by atoms with Crippen LogP contribution < -0.4 is 5.73 Å². The van der Waals surface area contributed by atoms with Crippen LogP contribution in [0, 0.1) is 0 Å². The number of benzene rings is 1. The van der Waals surface area contributed by atoms with Gasteiger partial charge in [0.2, 0.25) is 0 Å². The van der Waals surface area contributed by atoms with Gasteiger partial charge in [0.15, 0.2) is 0 Å². The largest absolute Gasteiger partial charge is 0.326 e. The van der Waals surface area contributed by atoms with E-state index < -0.39 is 0 Å². The van der Waals surface area contributed by atoms with Crippen LogP contribution in [0.1, 0.15) is 44.1 Å². The van der Waals surface area contributed by atoms with E-state index in [0.717, 1.165) is 10.9 Å². The average Bonchev–Trinajstić information content (AvgIpc) is 3.11. The van der Waals surface area contributed by atoms with Gasteiger partial charge in [0.1, 0.15) is 0 Å². The molecule has 1 aromatic carbocycles. The first-order valence-corrected chi connectivity index (χ1v) is 8.75. The molecule has 0 bridgehead atoms. The predicted molar refractivity (Wildman–Crippen MR) is 87.8 cm³/mol. The highest BCUT2D eigenvalue weighted by molar-refractivity contribution is 9.10. The van der Waals surface area contributed by atoms with Crippen molar-refractivity contribution in [1.82, 2.24) is 4.90 Å². The van der Waals surface area contributed by atoms with Gasteiger partial charge in [0, 0.05) is 16.1 Å². The van der Waals surface area contributed by atoms with Gasteiger partial charge in [-0.05, 0) is 62.9 Å². The summed E-state index contributed by atoms with van der Waals surface area (Å²) >= 11 is 3.56. The summed E-state index contributed by atoms with van der Waals surface area (Å²) in [6.07, 6.45) is 8.99. The summed E-state index contributed by atoms with van der Waals surface area (Å²) in [6, 6.07) is 8.88.